The summed E-state index contributed by atoms with van der Waals surface area (Å²) in [6.45, 7) is 6.67. The Morgan fingerprint density at radius 3 is 2.89 bits per heavy atom. The molecule has 0 aromatic heterocycles. The highest BCUT2D eigenvalue weighted by Crippen LogP contribution is 2.22. The number of nitrogens with zero attached hydrogens (tertiary/aromatic N) is 2. The third-order valence-corrected chi connectivity index (χ3v) is 5.09. The van der Waals surface area contributed by atoms with E-state index in [2.05, 4.69) is 15.1 Å². The van der Waals surface area contributed by atoms with Gasteiger partial charge in [0.05, 0.1) is 0 Å². The number of fused-ring (bicyclic) bond motifs is 1. The minimum absolute atomic E-state index is 0.403. The van der Waals surface area contributed by atoms with Crippen LogP contribution in [0.5, 0.6) is 0 Å². The molecule has 3 aliphatic rings. The zero-order valence-corrected chi connectivity index (χ0v) is 11.9. The number of rotatable bonds is 3. The molecule has 3 rings (SSSR count). The fraction of sp³-hybridized carbons (Fsp3) is 0.933. The molecular formula is C15H27N3O. The monoisotopic (exact) mass is 265 g/mol. The molecule has 0 radical (unpaired) electrons. The van der Waals surface area contributed by atoms with E-state index in [1.165, 1.54) is 32.4 Å². The molecular weight excluding hydrogens is 238 g/mol. The molecule has 3 saturated heterocycles. The second kappa shape index (κ2) is 6.23. The average molecular weight is 265 g/mol. The molecule has 1 N–H and O–H groups in total. The summed E-state index contributed by atoms with van der Waals surface area (Å²) in [6, 6.07) is 0.652. The van der Waals surface area contributed by atoms with Gasteiger partial charge in [-0.25, -0.2) is 0 Å². The van der Waals surface area contributed by atoms with Crippen LogP contribution in [-0.2, 0) is 4.79 Å². The van der Waals surface area contributed by atoms with Crippen LogP contribution in [0.25, 0.3) is 0 Å². The summed E-state index contributed by atoms with van der Waals surface area (Å²) < 4.78 is 0. The molecule has 2 unspecified atom stereocenters. The Morgan fingerprint density at radius 2 is 2.05 bits per heavy atom. The van der Waals surface area contributed by atoms with Gasteiger partial charge in [-0.2, -0.15) is 0 Å². The standard InChI is InChI=1S/C15H27N3O/c19-15(5-4-13-6-7-16-11-13)18-10-2-9-17-8-1-3-14(17)12-18/h13-14,16H,1-12H2. The van der Waals surface area contributed by atoms with Gasteiger partial charge in [-0.15, -0.1) is 0 Å². The van der Waals surface area contributed by atoms with Gasteiger partial charge in [0.1, 0.15) is 0 Å². The van der Waals surface area contributed by atoms with Crippen LogP contribution in [0.15, 0.2) is 0 Å². The van der Waals surface area contributed by atoms with Gasteiger partial charge in [0.15, 0.2) is 0 Å². The highest BCUT2D eigenvalue weighted by molar-refractivity contribution is 5.76. The second-order valence-corrected chi connectivity index (χ2v) is 6.42. The third kappa shape index (κ3) is 3.29. The van der Waals surface area contributed by atoms with Crippen LogP contribution < -0.4 is 5.32 Å². The van der Waals surface area contributed by atoms with Crippen molar-refractivity contribution in [2.75, 3.05) is 39.3 Å². The van der Waals surface area contributed by atoms with Crippen LogP contribution in [0, 0.1) is 5.92 Å². The van der Waals surface area contributed by atoms with E-state index in [0.717, 1.165) is 51.4 Å². The van der Waals surface area contributed by atoms with E-state index in [1.54, 1.807) is 0 Å². The van der Waals surface area contributed by atoms with Gasteiger partial charge in [-0.1, -0.05) is 0 Å². The van der Waals surface area contributed by atoms with E-state index < -0.39 is 0 Å². The van der Waals surface area contributed by atoms with Gasteiger partial charge in [-0.05, 0) is 57.7 Å². The predicted molar refractivity (Wildman–Crippen MR) is 76.0 cm³/mol. The topological polar surface area (TPSA) is 35.6 Å². The molecule has 2 atom stereocenters. The van der Waals surface area contributed by atoms with Crippen LogP contribution in [0.4, 0.5) is 0 Å². The first-order valence-electron chi connectivity index (χ1n) is 8.05. The smallest absolute Gasteiger partial charge is 0.222 e. The Labute approximate surface area is 116 Å². The molecule has 1 amide bonds. The van der Waals surface area contributed by atoms with E-state index in [0.29, 0.717) is 11.9 Å². The van der Waals surface area contributed by atoms with Crippen molar-refractivity contribution in [1.82, 2.24) is 15.1 Å². The molecule has 4 nitrogen and oxygen atoms in total. The molecule has 0 bridgehead atoms. The maximum absolute atomic E-state index is 12.4. The lowest BCUT2D eigenvalue weighted by Gasteiger charge is -2.26. The molecule has 0 aliphatic carbocycles. The summed E-state index contributed by atoms with van der Waals surface area (Å²) in [6.07, 6.45) is 6.86. The van der Waals surface area contributed by atoms with Crippen LogP contribution in [0.2, 0.25) is 0 Å². The van der Waals surface area contributed by atoms with Crippen molar-refractivity contribution in [3.05, 3.63) is 0 Å². The first kappa shape index (κ1) is 13.4. The number of carbonyl (C=O) groups is 1. The number of hydrogen-bond donors (Lipinski definition) is 1. The van der Waals surface area contributed by atoms with Gasteiger partial charge in [0, 0.05) is 32.1 Å². The number of carbonyl (C=O) groups excluding carboxylic acids is 1. The first-order chi connectivity index (χ1) is 9.33. The van der Waals surface area contributed by atoms with E-state index in [-0.39, 0.29) is 0 Å². The Balaban J connectivity index is 1.48. The predicted octanol–water partition coefficient (Wildman–Crippen LogP) is 1.07. The largest absolute Gasteiger partial charge is 0.341 e. The lowest BCUT2D eigenvalue weighted by Crippen LogP contribution is -2.39. The summed E-state index contributed by atoms with van der Waals surface area (Å²) in [7, 11) is 0. The third-order valence-electron chi connectivity index (χ3n) is 5.09. The van der Waals surface area contributed by atoms with Crippen molar-refractivity contribution >= 4 is 5.91 Å². The second-order valence-electron chi connectivity index (χ2n) is 6.42. The summed E-state index contributed by atoms with van der Waals surface area (Å²) in [4.78, 5) is 17.1. The van der Waals surface area contributed by atoms with Gasteiger partial charge < -0.3 is 10.2 Å². The van der Waals surface area contributed by atoms with Crippen molar-refractivity contribution in [1.29, 1.82) is 0 Å². The molecule has 0 aromatic carbocycles. The highest BCUT2D eigenvalue weighted by atomic mass is 16.2. The molecule has 108 valence electrons. The summed E-state index contributed by atoms with van der Waals surface area (Å²) in [5, 5.41) is 3.38. The van der Waals surface area contributed by atoms with Gasteiger partial charge in [-0.3, -0.25) is 9.69 Å². The average Bonchev–Trinajstić information content (AvgIpc) is 3.04. The van der Waals surface area contributed by atoms with Crippen molar-refractivity contribution < 1.29 is 4.79 Å². The Kier molecular flexibility index (Phi) is 4.38. The van der Waals surface area contributed by atoms with Crippen LogP contribution in [0.1, 0.15) is 38.5 Å². The maximum atomic E-state index is 12.4. The molecule has 0 aromatic rings. The normalized spacial score (nSPS) is 32.3. The van der Waals surface area contributed by atoms with Gasteiger partial charge in [0.25, 0.3) is 0 Å². The van der Waals surface area contributed by atoms with E-state index in [9.17, 15) is 4.79 Å². The molecule has 4 heteroatoms. The van der Waals surface area contributed by atoms with Crippen molar-refractivity contribution in [3.63, 3.8) is 0 Å². The van der Waals surface area contributed by atoms with Crippen molar-refractivity contribution in [2.45, 2.75) is 44.6 Å². The maximum Gasteiger partial charge on any atom is 0.222 e. The molecule has 0 spiro atoms. The fourth-order valence-electron chi connectivity index (χ4n) is 3.88. The minimum Gasteiger partial charge on any atom is -0.341 e. The molecule has 3 heterocycles. The van der Waals surface area contributed by atoms with Gasteiger partial charge >= 0.3 is 0 Å². The number of amides is 1. The quantitative estimate of drug-likeness (QED) is 0.829. The Hall–Kier alpha value is -0.610. The lowest BCUT2D eigenvalue weighted by molar-refractivity contribution is -0.131. The highest BCUT2D eigenvalue weighted by Gasteiger charge is 2.30. The van der Waals surface area contributed by atoms with Gasteiger partial charge in [0.2, 0.25) is 5.91 Å². The van der Waals surface area contributed by atoms with E-state index >= 15 is 0 Å². The zero-order valence-electron chi connectivity index (χ0n) is 11.9. The van der Waals surface area contributed by atoms with Crippen LogP contribution >= 0.6 is 0 Å². The summed E-state index contributed by atoms with van der Waals surface area (Å²) >= 11 is 0. The fourth-order valence-corrected chi connectivity index (χ4v) is 3.88. The molecule has 3 aliphatic heterocycles. The minimum atomic E-state index is 0.403. The number of nitrogens with one attached hydrogen (secondary N) is 1. The lowest BCUT2D eigenvalue weighted by atomic mass is 10.0. The molecule has 0 saturated carbocycles. The van der Waals surface area contributed by atoms with Crippen LogP contribution in [-0.4, -0.2) is 61.0 Å². The van der Waals surface area contributed by atoms with E-state index in [1.807, 2.05) is 0 Å². The molecule has 3 fully saturated rings. The summed E-state index contributed by atoms with van der Waals surface area (Å²) in [5.41, 5.74) is 0. The first-order valence-corrected chi connectivity index (χ1v) is 8.05. The number of hydrogen-bond acceptors (Lipinski definition) is 3. The van der Waals surface area contributed by atoms with E-state index in [4.69, 9.17) is 0 Å². The Morgan fingerprint density at radius 1 is 1.16 bits per heavy atom. The molecule has 19 heavy (non-hydrogen) atoms. The summed E-state index contributed by atoms with van der Waals surface area (Å²) in [5.74, 6) is 1.14. The SMILES string of the molecule is O=C(CCC1CCNC1)N1CCCN2CCCC2C1. The van der Waals surface area contributed by atoms with Crippen molar-refractivity contribution in [2.24, 2.45) is 5.92 Å². The zero-order chi connectivity index (χ0) is 13.1. The van der Waals surface area contributed by atoms with Crippen LogP contribution in [0.3, 0.4) is 0 Å². The Bertz CT molecular complexity index is 315. The van der Waals surface area contributed by atoms with Crippen molar-refractivity contribution in [3.8, 4) is 0 Å².